The van der Waals surface area contributed by atoms with Gasteiger partial charge in [-0.05, 0) is 43.0 Å². The lowest BCUT2D eigenvalue weighted by Crippen LogP contribution is -2.34. The molecule has 0 saturated heterocycles. The molecule has 1 aromatic rings. The van der Waals surface area contributed by atoms with Crippen LogP contribution < -0.4 is 4.74 Å². The molecule has 0 aromatic heterocycles. The summed E-state index contributed by atoms with van der Waals surface area (Å²) in [5, 5.41) is 20.5. The molecule has 0 aliphatic carbocycles. The molecule has 2 N–H and O–H groups in total. The largest absolute Gasteiger partial charge is 0.497 e. The van der Waals surface area contributed by atoms with Crippen molar-refractivity contribution < 1.29 is 14.9 Å². The van der Waals surface area contributed by atoms with E-state index in [0.717, 1.165) is 11.3 Å². The SMILES string of the molecule is CCC(O)(CC)/C(=C\c1ccc(OC)cc1)C(C)O. The summed E-state index contributed by atoms with van der Waals surface area (Å²) in [5.41, 5.74) is 0.647. The highest BCUT2D eigenvalue weighted by Gasteiger charge is 2.30. The topological polar surface area (TPSA) is 49.7 Å². The van der Waals surface area contributed by atoms with Crippen molar-refractivity contribution in [3.05, 3.63) is 35.4 Å². The second-order valence-corrected chi connectivity index (χ2v) is 4.79. The van der Waals surface area contributed by atoms with E-state index in [0.29, 0.717) is 18.4 Å². The van der Waals surface area contributed by atoms with Gasteiger partial charge in [0.25, 0.3) is 0 Å². The Morgan fingerprint density at radius 1 is 1.26 bits per heavy atom. The molecule has 0 aliphatic rings. The maximum absolute atomic E-state index is 10.6. The Kier molecular flexibility index (Phi) is 5.58. The molecule has 19 heavy (non-hydrogen) atoms. The quantitative estimate of drug-likeness (QED) is 0.830. The van der Waals surface area contributed by atoms with Gasteiger partial charge in [0.15, 0.2) is 0 Å². The summed E-state index contributed by atoms with van der Waals surface area (Å²) in [7, 11) is 1.62. The molecular formula is C16H24O3. The molecule has 0 spiro atoms. The fourth-order valence-electron chi connectivity index (χ4n) is 2.18. The molecule has 1 rings (SSSR count). The molecule has 0 aliphatic heterocycles. The zero-order valence-corrected chi connectivity index (χ0v) is 12.2. The van der Waals surface area contributed by atoms with Crippen LogP contribution in [0.4, 0.5) is 0 Å². The smallest absolute Gasteiger partial charge is 0.118 e. The van der Waals surface area contributed by atoms with Crippen LogP contribution in [-0.2, 0) is 0 Å². The first-order chi connectivity index (χ1) is 8.96. The zero-order valence-electron chi connectivity index (χ0n) is 12.2. The van der Waals surface area contributed by atoms with Crippen LogP contribution in [0.1, 0.15) is 39.2 Å². The van der Waals surface area contributed by atoms with Gasteiger partial charge in [-0.1, -0.05) is 32.1 Å². The molecule has 3 nitrogen and oxygen atoms in total. The maximum Gasteiger partial charge on any atom is 0.118 e. The Hall–Kier alpha value is -1.32. The van der Waals surface area contributed by atoms with Crippen molar-refractivity contribution in [2.75, 3.05) is 7.11 Å². The van der Waals surface area contributed by atoms with Crippen molar-refractivity contribution in [1.29, 1.82) is 0 Å². The molecule has 1 unspecified atom stereocenters. The Bertz CT molecular complexity index is 414. The molecule has 0 radical (unpaired) electrons. The van der Waals surface area contributed by atoms with Crippen LogP contribution in [0.5, 0.6) is 5.75 Å². The lowest BCUT2D eigenvalue weighted by Gasteiger charge is -2.30. The standard InChI is InChI=1S/C16H24O3/c1-5-16(18,6-2)15(12(3)17)11-13-7-9-14(19-4)10-8-13/h7-12,17-18H,5-6H2,1-4H3/b15-11-. The minimum atomic E-state index is -0.950. The number of methoxy groups -OCH3 is 1. The number of rotatable bonds is 6. The average Bonchev–Trinajstić information content (AvgIpc) is 2.44. The lowest BCUT2D eigenvalue weighted by molar-refractivity contribution is 0.0460. The molecule has 0 amide bonds. The van der Waals surface area contributed by atoms with Crippen molar-refractivity contribution in [1.82, 2.24) is 0 Å². The summed E-state index contributed by atoms with van der Waals surface area (Å²) in [6, 6.07) is 7.55. The van der Waals surface area contributed by atoms with Crippen LogP contribution in [0.25, 0.3) is 6.08 Å². The molecule has 0 fully saturated rings. The van der Waals surface area contributed by atoms with Gasteiger partial charge in [0.05, 0.1) is 18.8 Å². The highest BCUT2D eigenvalue weighted by Crippen LogP contribution is 2.29. The third kappa shape index (κ3) is 3.82. The summed E-state index contributed by atoms with van der Waals surface area (Å²) >= 11 is 0. The summed E-state index contributed by atoms with van der Waals surface area (Å²) in [6.45, 7) is 5.53. The van der Waals surface area contributed by atoms with Gasteiger partial charge in [-0.2, -0.15) is 0 Å². The first kappa shape index (κ1) is 15.7. The highest BCUT2D eigenvalue weighted by atomic mass is 16.5. The van der Waals surface area contributed by atoms with Crippen LogP contribution in [0.2, 0.25) is 0 Å². The van der Waals surface area contributed by atoms with E-state index in [1.54, 1.807) is 14.0 Å². The minimum absolute atomic E-state index is 0.580. The van der Waals surface area contributed by atoms with Gasteiger partial charge in [0.1, 0.15) is 5.75 Å². The fraction of sp³-hybridized carbons (Fsp3) is 0.500. The Morgan fingerprint density at radius 2 is 1.79 bits per heavy atom. The number of hydrogen-bond donors (Lipinski definition) is 2. The molecule has 1 atom stereocenters. The number of hydrogen-bond acceptors (Lipinski definition) is 3. The second kappa shape index (κ2) is 6.73. The Balaban J connectivity index is 3.13. The Morgan fingerprint density at radius 3 is 2.16 bits per heavy atom. The van der Waals surface area contributed by atoms with Gasteiger partial charge in [-0.25, -0.2) is 0 Å². The lowest BCUT2D eigenvalue weighted by atomic mass is 9.84. The van der Waals surface area contributed by atoms with Crippen LogP contribution in [0.3, 0.4) is 0 Å². The average molecular weight is 264 g/mol. The number of benzene rings is 1. The maximum atomic E-state index is 10.6. The summed E-state index contributed by atoms with van der Waals surface area (Å²) < 4.78 is 5.11. The number of ether oxygens (including phenoxy) is 1. The van der Waals surface area contributed by atoms with Crippen molar-refractivity contribution in [2.24, 2.45) is 0 Å². The predicted molar refractivity (Wildman–Crippen MR) is 78.2 cm³/mol. The van der Waals surface area contributed by atoms with Gasteiger partial charge in [-0.15, -0.1) is 0 Å². The summed E-state index contributed by atoms with van der Waals surface area (Å²) in [6.07, 6.45) is 2.34. The van der Waals surface area contributed by atoms with Crippen molar-refractivity contribution in [3.63, 3.8) is 0 Å². The first-order valence-electron chi connectivity index (χ1n) is 6.73. The monoisotopic (exact) mass is 264 g/mol. The molecule has 0 bridgehead atoms. The van der Waals surface area contributed by atoms with E-state index < -0.39 is 11.7 Å². The predicted octanol–water partition coefficient (Wildman–Crippen LogP) is 3.01. The normalized spacial score (nSPS) is 14.3. The molecular weight excluding hydrogens is 240 g/mol. The van der Waals surface area contributed by atoms with Gasteiger partial charge >= 0.3 is 0 Å². The first-order valence-corrected chi connectivity index (χ1v) is 6.73. The van der Waals surface area contributed by atoms with Gasteiger partial charge in [0.2, 0.25) is 0 Å². The van der Waals surface area contributed by atoms with E-state index >= 15 is 0 Å². The van der Waals surface area contributed by atoms with Crippen LogP contribution in [0.15, 0.2) is 29.8 Å². The van der Waals surface area contributed by atoms with Gasteiger partial charge in [-0.3, -0.25) is 0 Å². The van der Waals surface area contributed by atoms with E-state index in [1.165, 1.54) is 0 Å². The molecule has 1 aromatic carbocycles. The van der Waals surface area contributed by atoms with Crippen molar-refractivity contribution in [2.45, 2.75) is 45.3 Å². The van der Waals surface area contributed by atoms with Crippen molar-refractivity contribution in [3.8, 4) is 5.75 Å². The zero-order chi connectivity index (χ0) is 14.5. The third-order valence-corrected chi connectivity index (χ3v) is 3.60. The third-order valence-electron chi connectivity index (χ3n) is 3.60. The minimum Gasteiger partial charge on any atom is -0.497 e. The van der Waals surface area contributed by atoms with E-state index in [2.05, 4.69) is 0 Å². The summed E-state index contributed by atoms with van der Waals surface area (Å²) in [5.74, 6) is 0.789. The van der Waals surface area contributed by atoms with Crippen LogP contribution in [-0.4, -0.2) is 29.0 Å². The molecule has 0 heterocycles. The molecule has 0 saturated carbocycles. The van der Waals surface area contributed by atoms with Gasteiger partial charge in [0, 0.05) is 0 Å². The van der Waals surface area contributed by atoms with Crippen LogP contribution in [0, 0.1) is 0 Å². The highest BCUT2D eigenvalue weighted by molar-refractivity contribution is 5.57. The molecule has 3 heteroatoms. The van der Waals surface area contributed by atoms with E-state index in [4.69, 9.17) is 4.74 Å². The summed E-state index contributed by atoms with van der Waals surface area (Å²) in [4.78, 5) is 0. The number of aliphatic hydroxyl groups is 2. The second-order valence-electron chi connectivity index (χ2n) is 4.79. The molecule has 106 valence electrons. The van der Waals surface area contributed by atoms with E-state index in [-0.39, 0.29) is 0 Å². The Labute approximate surface area is 115 Å². The van der Waals surface area contributed by atoms with Gasteiger partial charge < -0.3 is 14.9 Å². The van der Waals surface area contributed by atoms with Crippen LogP contribution >= 0.6 is 0 Å². The fourth-order valence-corrected chi connectivity index (χ4v) is 2.18. The number of aliphatic hydroxyl groups excluding tert-OH is 1. The van der Waals surface area contributed by atoms with E-state index in [1.807, 2.05) is 44.2 Å². The van der Waals surface area contributed by atoms with Crippen molar-refractivity contribution >= 4 is 6.08 Å². The van der Waals surface area contributed by atoms with E-state index in [9.17, 15) is 10.2 Å².